The van der Waals surface area contributed by atoms with E-state index in [9.17, 15) is 0 Å². The smallest absolute Gasteiger partial charge is 0.178 e. The van der Waals surface area contributed by atoms with E-state index in [-0.39, 0.29) is 0 Å². The molecule has 0 amide bonds. The lowest BCUT2D eigenvalue weighted by Gasteiger charge is -2.06. The zero-order valence-electron chi connectivity index (χ0n) is 9.84. The van der Waals surface area contributed by atoms with Gasteiger partial charge in [-0.25, -0.2) is 9.97 Å². The molecule has 0 aliphatic rings. The second kappa shape index (κ2) is 4.03. The SMILES string of the molecule is COc1ccc(N)cc1-c1nc2ncccc2[nH]1. The maximum atomic E-state index is 5.80. The summed E-state index contributed by atoms with van der Waals surface area (Å²) in [6.07, 6.45) is 1.71. The van der Waals surface area contributed by atoms with E-state index < -0.39 is 0 Å². The molecule has 3 aromatic rings. The van der Waals surface area contributed by atoms with Crippen molar-refractivity contribution >= 4 is 16.9 Å². The topological polar surface area (TPSA) is 76.8 Å². The van der Waals surface area contributed by atoms with E-state index in [2.05, 4.69) is 15.0 Å². The van der Waals surface area contributed by atoms with Crippen molar-refractivity contribution in [3.05, 3.63) is 36.5 Å². The van der Waals surface area contributed by atoms with Gasteiger partial charge in [0.2, 0.25) is 0 Å². The van der Waals surface area contributed by atoms with Gasteiger partial charge in [0.25, 0.3) is 0 Å². The Hall–Kier alpha value is -2.56. The minimum Gasteiger partial charge on any atom is -0.496 e. The van der Waals surface area contributed by atoms with Crippen molar-refractivity contribution in [3.63, 3.8) is 0 Å². The highest BCUT2D eigenvalue weighted by Gasteiger charge is 2.11. The zero-order valence-corrected chi connectivity index (χ0v) is 9.84. The molecule has 0 spiro atoms. The van der Waals surface area contributed by atoms with Crippen LogP contribution in [0.3, 0.4) is 0 Å². The number of nitrogens with two attached hydrogens (primary N) is 1. The number of H-pyrrole nitrogens is 1. The molecule has 0 aliphatic carbocycles. The second-order valence-electron chi connectivity index (χ2n) is 3.92. The summed E-state index contributed by atoms with van der Waals surface area (Å²) in [4.78, 5) is 11.8. The van der Waals surface area contributed by atoms with Crippen LogP contribution in [0.5, 0.6) is 5.75 Å². The number of fused-ring (bicyclic) bond motifs is 1. The average Bonchev–Trinajstić information content (AvgIpc) is 2.82. The lowest BCUT2D eigenvalue weighted by atomic mass is 10.1. The van der Waals surface area contributed by atoms with Gasteiger partial charge in [0.15, 0.2) is 5.65 Å². The number of rotatable bonds is 2. The third-order valence-corrected chi connectivity index (χ3v) is 2.74. The van der Waals surface area contributed by atoms with E-state index in [1.807, 2.05) is 24.3 Å². The molecule has 2 heterocycles. The van der Waals surface area contributed by atoms with Gasteiger partial charge in [0, 0.05) is 11.9 Å². The van der Waals surface area contributed by atoms with Crippen molar-refractivity contribution in [2.75, 3.05) is 12.8 Å². The van der Waals surface area contributed by atoms with Gasteiger partial charge in [-0.2, -0.15) is 0 Å². The van der Waals surface area contributed by atoms with Gasteiger partial charge in [-0.1, -0.05) is 0 Å². The Bertz CT molecular complexity index is 672. The molecule has 0 atom stereocenters. The molecule has 0 saturated carbocycles. The Morgan fingerprint density at radius 1 is 1.28 bits per heavy atom. The van der Waals surface area contributed by atoms with E-state index in [0.29, 0.717) is 17.2 Å². The van der Waals surface area contributed by atoms with E-state index in [0.717, 1.165) is 16.8 Å². The van der Waals surface area contributed by atoms with Crippen molar-refractivity contribution < 1.29 is 4.74 Å². The fourth-order valence-corrected chi connectivity index (χ4v) is 1.88. The van der Waals surface area contributed by atoms with Gasteiger partial charge in [0.1, 0.15) is 11.6 Å². The summed E-state index contributed by atoms with van der Waals surface area (Å²) < 4.78 is 5.31. The summed E-state index contributed by atoms with van der Waals surface area (Å²) in [7, 11) is 1.62. The van der Waals surface area contributed by atoms with Crippen LogP contribution in [0.4, 0.5) is 5.69 Å². The van der Waals surface area contributed by atoms with Gasteiger partial charge in [-0.05, 0) is 30.3 Å². The van der Waals surface area contributed by atoms with E-state index in [1.165, 1.54) is 0 Å². The largest absolute Gasteiger partial charge is 0.496 e. The van der Waals surface area contributed by atoms with Gasteiger partial charge in [-0.3, -0.25) is 0 Å². The maximum absolute atomic E-state index is 5.80. The zero-order chi connectivity index (χ0) is 12.5. The van der Waals surface area contributed by atoms with Gasteiger partial charge < -0.3 is 15.5 Å². The quantitative estimate of drug-likeness (QED) is 0.673. The van der Waals surface area contributed by atoms with Gasteiger partial charge in [-0.15, -0.1) is 0 Å². The normalized spacial score (nSPS) is 10.7. The molecule has 3 rings (SSSR count). The molecule has 1 aromatic carbocycles. The lowest BCUT2D eigenvalue weighted by Crippen LogP contribution is -1.92. The molecule has 0 unspecified atom stereocenters. The molecule has 3 N–H and O–H groups in total. The molecule has 18 heavy (non-hydrogen) atoms. The van der Waals surface area contributed by atoms with Crippen LogP contribution in [0, 0.1) is 0 Å². The molecule has 0 radical (unpaired) electrons. The second-order valence-corrected chi connectivity index (χ2v) is 3.92. The number of pyridine rings is 1. The Morgan fingerprint density at radius 3 is 2.94 bits per heavy atom. The molecule has 90 valence electrons. The first-order valence-corrected chi connectivity index (χ1v) is 5.52. The maximum Gasteiger partial charge on any atom is 0.178 e. The number of nitrogens with one attached hydrogen (secondary N) is 1. The van der Waals surface area contributed by atoms with Crippen LogP contribution < -0.4 is 10.5 Å². The van der Waals surface area contributed by atoms with E-state index in [1.54, 1.807) is 19.4 Å². The molecule has 0 aliphatic heterocycles. The van der Waals surface area contributed by atoms with Crippen LogP contribution in [0.25, 0.3) is 22.6 Å². The van der Waals surface area contributed by atoms with Crippen LogP contribution in [0.15, 0.2) is 36.5 Å². The number of anilines is 1. The number of aromatic nitrogens is 3. The molecule has 0 bridgehead atoms. The number of nitrogens with zero attached hydrogens (tertiary/aromatic N) is 2. The number of hydrogen-bond donors (Lipinski definition) is 2. The van der Waals surface area contributed by atoms with Crippen molar-refractivity contribution in [1.29, 1.82) is 0 Å². The van der Waals surface area contributed by atoms with Crippen molar-refractivity contribution in [2.24, 2.45) is 0 Å². The standard InChI is InChI=1S/C13H12N4O/c1-18-11-5-4-8(14)7-9(11)12-16-10-3-2-6-15-13(10)17-12/h2-7H,14H2,1H3,(H,15,16,17). The summed E-state index contributed by atoms with van der Waals surface area (Å²) in [6.45, 7) is 0. The first-order chi connectivity index (χ1) is 8.78. The Kier molecular flexibility index (Phi) is 2.37. The molecular formula is C13H12N4O. The van der Waals surface area contributed by atoms with Gasteiger partial charge in [0.05, 0.1) is 18.2 Å². The summed E-state index contributed by atoms with van der Waals surface area (Å²) in [6, 6.07) is 9.24. The molecule has 0 fully saturated rings. The Morgan fingerprint density at radius 2 is 2.17 bits per heavy atom. The lowest BCUT2D eigenvalue weighted by molar-refractivity contribution is 0.416. The van der Waals surface area contributed by atoms with Crippen LogP contribution in [-0.2, 0) is 0 Å². The number of methoxy groups -OCH3 is 1. The summed E-state index contributed by atoms with van der Waals surface area (Å²) in [5.74, 6) is 1.43. The Labute approximate surface area is 104 Å². The minimum absolute atomic E-state index is 0.666. The van der Waals surface area contributed by atoms with Crippen LogP contribution >= 0.6 is 0 Å². The van der Waals surface area contributed by atoms with Crippen molar-refractivity contribution in [3.8, 4) is 17.1 Å². The van der Waals surface area contributed by atoms with Crippen LogP contribution in [-0.4, -0.2) is 22.1 Å². The highest BCUT2D eigenvalue weighted by molar-refractivity contribution is 5.78. The number of hydrogen-bond acceptors (Lipinski definition) is 4. The third kappa shape index (κ3) is 1.66. The average molecular weight is 240 g/mol. The number of nitrogen functional groups attached to an aromatic ring is 1. The predicted octanol–water partition coefficient (Wildman–Crippen LogP) is 2.22. The summed E-state index contributed by atoms with van der Waals surface area (Å²) in [5, 5.41) is 0. The monoisotopic (exact) mass is 240 g/mol. The first kappa shape index (κ1) is 10.6. The number of aromatic amines is 1. The number of benzene rings is 1. The summed E-state index contributed by atoms with van der Waals surface area (Å²) in [5.41, 5.74) is 8.86. The molecule has 0 saturated heterocycles. The fourth-order valence-electron chi connectivity index (χ4n) is 1.88. The van der Waals surface area contributed by atoms with Crippen LogP contribution in [0.2, 0.25) is 0 Å². The summed E-state index contributed by atoms with van der Waals surface area (Å²) >= 11 is 0. The number of ether oxygens (including phenoxy) is 1. The van der Waals surface area contributed by atoms with E-state index >= 15 is 0 Å². The van der Waals surface area contributed by atoms with Gasteiger partial charge >= 0.3 is 0 Å². The first-order valence-electron chi connectivity index (χ1n) is 5.52. The molecule has 5 nitrogen and oxygen atoms in total. The fraction of sp³-hybridized carbons (Fsp3) is 0.0769. The minimum atomic E-state index is 0.666. The van der Waals surface area contributed by atoms with Crippen molar-refractivity contribution in [2.45, 2.75) is 0 Å². The predicted molar refractivity (Wildman–Crippen MR) is 70.3 cm³/mol. The van der Waals surface area contributed by atoms with E-state index in [4.69, 9.17) is 10.5 Å². The van der Waals surface area contributed by atoms with Crippen LogP contribution in [0.1, 0.15) is 0 Å². The molecule has 5 heteroatoms. The number of imidazole rings is 1. The Balaban J connectivity index is 2.22. The molecule has 2 aromatic heterocycles. The highest BCUT2D eigenvalue weighted by Crippen LogP contribution is 2.30. The molecular weight excluding hydrogens is 228 g/mol. The highest BCUT2D eigenvalue weighted by atomic mass is 16.5. The van der Waals surface area contributed by atoms with Crippen molar-refractivity contribution in [1.82, 2.24) is 15.0 Å². The third-order valence-electron chi connectivity index (χ3n) is 2.74.